The molecule has 0 aliphatic carbocycles. The number of hydrogen-bond donors (Lipinski definition) is 2. The van der Waals surface area contributed by atoms with Gasteiger partial charge in [-0.2, -0.15) is 11.8 Å². The Morgan fingerprint density at radius 3 is 2.38 bits per heavy atom. The highest BCUT2D eigenvalue weighted by Gasteiger charge is 1.96. The highest BCUT2D eigenvalue weighted by molar-refractivity contribution is 7.99. The van der Waals surface area contributed by atoms with Crippen LogP contribution in [0.25, 0.3) is 0 Å². The molecule has 0 saturated carbocycles. The largest absolute Gasteiger partial charge is 0.481 e. The van der Waals surface area contributed by atoms with Gasteiger partial charge in [0.25, 0.3) is 0 Å². The molecule has 0 aromatic rings. The number of carbonyl (C=O) groups is 1. The minimum atomic E-state index is -0.701. The molecule has 3 nitrogen and oxygen atoms in total. The molecule has 0 aliphatic rings. The number of aliphatic hydroxyl groups excluding tert-OH is 1. The van der Waals surface area contributed by atoms with Crippen molar-refractivity contribution in [2.24, 2.45) is 0 Å². The Morgan fingerprint density at radius 1 is 1.08 bits per heavy atom. The van der Waals surface area contributed by atoms with Crippen LogP contribution in [0.1, 0.15) is 32.1 Å². The van der Waals surface area contributed by atoms with Gasteiger partial charge in [-0.05, 0) is 30.8 Å². The van der Waals surface area contributed by atoms with E-state index in [0.29, 0.717) is 6.42 Å². The average Bonchev–Trinajstić information content (AvgIpc) is 2.09. The van der Waals surface area contributed by atoms with Gasteiger partial charge in [-0.25, -0.2) is 0 Å². The minimum absolute atomic E-state index is 0.270. The Hall–Kier alpha value is -0.220. The monoisotopic (exact) mass is 206 g/mol. The number of carboxylic acid groups (broad SMARTS) is 1. The van der Waals surface area contributed by atoms with Gasteiger partial charge in [0.1, 0.15) is 0 Å². The molecule has 0 aromatic heterocycles. The maximum absolute atomic E-state index is 10.1. The summed E-state index contributed by atoms with van der Waals surface area (Å²) in [6, 6.07) is 0. The van der Waals surface area contributed by atoms with Crippen molar-refractivity contribution in [2.75, 3.05) is 18.1 Å². The molecule has 0 unspecified atom stereocenters. The van der Waals surface area contributed by atoms with Crippen LogP contribution in [0.3, 0.4) is 0 Å². The van der Waals surface area contributed by atoms with E-state index in [1.807, 2.05) is 11.8 Å². The van der Waals surface area contributed by atoms with Gasteiger partial charge in [-0.15, -0.1) is 0 Å². The van der Waals surface area contributed by atoms with Gasteiger partial charge in [0.05, 0.1) is 0 Å². The lowest BCUT2D eigenvalue weighted by atomic mass is 10.2. The van der Waals surface area contributed by atoms with Crippen molar-refractivity contribution < 1.29 is 15.0 Å². The molecule has 0 amide bonds. The molecular weight excluding hydrogens is 188 g/mol. The molecule has 0 bridgehead atoms. The van der Waals surface area contributed by atoms with E-state index in [0.717, 1.165) is 37.2 Å². The fourth-order valence-electron chi connectivity index (χ4n) is 0.926. The van der Waals surface area contributed by atoms with Gasteiger partial charge in [0, 0.05) is 13.0 Å². The van der Waals surface area contributed by atoms with E-state index in [2.05, 4.69) is 0 Å². The first-order valence-electron chi connectivity index (χ1n) is 4.67. The predicted molar refractivity (Wildman–Crippen MR) is 55.1 cm³/mol. The zero-order valence-electron chi connectivity index (χ0n) is 7.87. The number of aliphatic hydroxyl groups is 1. The summed E-state index contributed by atoms with van der Waals surface area (Å²) >= 11 is 1.83. The Morgan fingerprint density at radius 2 is 1.77 bits per heavy atom. The standard InChI is InChI=1S/C9H18O3S/c10-6-4-8-13-7-3-1-2-5-9(11)12/h10H,1-8H2,(H,11,12). The maximum Gasteiger partial charge on any atom is 0.303 e. The third kappa shape index (κ3) is 11.8. The summed E-state index contributed by atoms with van der Waals surface area (Å²) < 4.78 is 0. The first-order chi connectivity index (χ1) is 6.27. The third-order valence-electron chi connectivity index (χ3n) is 1.63. The summed E-state index contributed by atoms with van der Waals surface area (Å²) in [4.78, 5) is 10.1. The number of rotatable bonds is 9. The summed E-state index contributed by atoms with van der Waals surface area (Å²) in [5.74, 6) is 1.39. The van der Waals surface area contributed by atoms with Gasteiger partial charge in [-0.1, -0.05) is 6.42 Å². The molecule has 0 fully saturated rings. The van der Waals surface area contributed by atoms with Crippen LogP contribution in [0, 0.1) is 0 Å². The van der Waals surface area contributed by atoms with Crippen molar-refractivity contribution >= 4 is 17.7 Å². The number of thioether (sulfide) groups is 1. The average molecular weight is 206 g/mol. The summed E-state index contributed by atoms with van der Waals surface area (Å²) in [5, 5.41) is 16.8. The lowest BCUT2D eigenvalue weighted by molar-refractivity contribution is -0.137. The van der Waals surface area contributed by atoms with Crippen LogP contribution < -0.4 is 0 Å². The van der Waals surface area contributed by atoms with Crippen LogP contribution in [0.2, 0.25) is 0 Å². The van der Waals surface area contributed by atoms with E-state index in [9.17, 15) is 4.79 Å². The van der Waals surface area contributed by atoms with E-state index >= 15 is 0 Å². The van der Waals surface area contributed by atoms with Crippen molar-refractivity contribution in [3.8, 4) is 0 Å². The number of aliphatic carboxylic acids is 1. The van der Waals surface area contributed by atoms with Crippen molar-refractivity contribution in [2.45, 2.75) is 32.1 Å². The molecule has 0 radical (unpaired) electrons. The quantitative estimate of drug-likeness (QED) is 0.564. The van der Waals surface area contributed by atoms with E-state index < -0.39 is 5.97 Å². The number of hydrogen-bond acceptors (Lipinski definition) is 3. The number of unbranched alkanes of at least 4 members (excludes halogenated alkanes) is 2. The minimum Gasteiger partial charge on any atom is -0.481 e. The van der Waals surface area contributed by atoms with Gasteiger partial charge >= 0.3 is 5.97 Å². The van der Waals surface area contributed by atoms with E-state index in [1.165, 1.54) is 0 Å². The Labute approximate surface area is 83.5 Å². The number of carboxylic acids is 1. The summed E-state index contributed by atoms with van der Waals surface area (Å²) in [6.45, 7) is 0.270. The molecule has 0 heterocycles. The predicted octanol–water partition coefficient (Wildman–Crippen LogP) is 1.75. The first-order valence-corrected chi connectivity index (χ1v) is 5.83. The van der Waals surface area contributed by atoms with Gasteiger partial charge in [-0.3, -0.25) is 4.79 Å². The van der Waals surface area contributed by atoms with Crippen LogP contribution in [0.5, 0.6) is 0 Å². The van der Waals surface area contributed by atoms with E-state index in [-0.39, 0.29) is 6.61 Å². The molecule has 78 valence electrons. The van der Waals surface area contributed by atoms with Gasteiger partial charge < -0.3 is 10.2 Å². The smallest absolute Gasteiger partial charge is 0.303 e. The molecule has 4 heteroatoms. The van der Waals surface area contributed by atoms with E-state index in [4.69, 9.17) is 10.2 Å². The molecular formula is C9H18O3S. The van der Waals surface area contributed by atoms with Crippen LogP contribution in [-0.2, 0) is 4.79 Å². The van der Waals surface area contributed by atoms with Gasteiger partial charge in [0.15, 0.2) is 0 Å². The lowest BCUT2D eigenvalue weighted by Gasteiger charge is -1.99. The van der Waals surface area contributed by atoms with Crippen molar-refractivity contribution in [1.29, 1.82) is 0 Å². The highest BCUT2D eigenvalue weighted by Crippen LogP contribution is 2.08. The molecule has 13 heavy (non-hydrogen) atoms. The van der Waals surface area contributed by atoms with Gasteiger partial charge in [0.2, 0.25) is 0 Å². The third-order valence-corrected chi connectivity index (χ3v) is 2.78. The molecule has 0 saturated heterocycles. The molecule has 2 N–H and O–H groups in total. The second kappa shape index (κ2) is 9.86. The normalized spacial score (nSPS) is 10.2. The lowest BCUT2D eigenvalue weighted by Crippen LogP contribution is -1.94. The summed E-state index contributed by atoms with van der Waals surface area (Å²) in [6.07, 6.45) is 4.03. The Bertz CT molecular complexity index is 128. The van der Waals surface area contributed by atoms with Crippen LogP contribution >= 0.6 is 11.8 Å². The topological polar surface area (TPSA) is 57.5 Å². The SMILES string of the molecule is O=C(O)CCCCCSCCCO. The van der Waals surface area contributed by atoms with E-state index in [1.54, 1.807) is 0 Å². The Kier molecular flexibility index (Phi) is 9.70. The second-order valence-corrected chi connectivity index (χ2v) is 4.12. The van der Waals surface area contributed by atoms with Crippen LogP contribution in [0.4, 0.5) is 0 Å². The summed E-state index contributed by atoms with van der Waals surface area (Å²) in [7, 11) is 0. The maximum atomic E-state index is 10.1. The molecule has 0 atom stereocenters. The fourth-order valence-corrected chi connectivity index (χ4v) is 1.87. The Balaban J connectivity index is 2.87. The summed E-state index contributed by atoms with van der Waals surface area (Å²) in [5.41, 5.74) is 0. The highest BCUT2D eigenvalue weighted by atomic mass is 32.2. The van der Waals surface area contributed by atoms with Crippen LogP contribution in [0.15, 0.2) is 0 Å². The molecule has 0 aromatic carbocycles. The van der Waals surface area contributed by atoms with Crippen molar-refractivity contribution in [3.63, 3.8) is 0 Å². The van der Waals surface area contributed by atoms with Crippen molar-refractivity contribution in [3.05, 3.63) is 0 Å². The van der Waals surface area contributed by atoms with Crippen molar-refractivity contribution in [1.82, 2.24) is 0 Å². The second-order valence-electron chi connectivity index (χ2n) is 2.89. The zero-order valence-corrected chi connectivity index (χ0v) is 8.68. The zero-order chi connectivity index (χ0) is 9.94. The van der Waals surface area contributed by atoms with Crippen LogP contribution in [-0.4, -0.2) is 34.3 Å². The first kappa shape index (κ1) is 12.8. The fraction of sp³-hybridized carbons (Fsp3) is 0.889. The molecule has 0 aliphatic heterocycles. The molecule has 0 rings (SSSR count). The molecule has 0 spiro atoms.